The molecule has 1 fully saturated rings. The maximum Gasteiger partial charge on any atom is 0.125 e. The highest BCUT2D eigenvalue weighted by Crippen LogP contribution is 2.34. The number of nitrogens with zero attached hydrogens (tertiary/aromatic N) is 4. The number of nitriles is 1. The molecule has 1 aromatic heterocycles. The van der Waals surface area contributed by atoms with Crippen molar-refractivity contribution in [3.05, 3.63) is 64.3 Å². The van der Waals surface area contributed by atoms with E-state index in [4.69, 9.17) is 4.74 Å². The van der Waals surface area contributed by atoms with E-state index in [1.807, 2.05) is 12.1 Å². The zero-order valence-electron chi connectivity index (χ0n) is 16.2. The third-order valence-electron chi connectivity index (χ3n) is 5.97. The van der Waals surface area contributed by atoms with Crippen LogP contribution in [0.3, 0.4) is 0 Å². The summed E-state index contributed by atoms with van der Waals surface area (Å²) in [5.41, 5.74) is 3.78. The molecule has 0 radical (unpaired) electrons. The van der Waals surface area contributed by atoms with Gasteiger partial charge in [-0.3, -0.25) is 9.88 Å². The van der Waals surface area contributed by atoms with E-state index in [1.54, 1.807) is 6.20 Å². The Balaban J connectivity index is 1.48. The van der Waals surface area contributed by atoms with Crippen molar-refractivity contribution in [1.29, 1.82) is 5.26 Å². The number of fused-ring (bicyclic) bond motifs is 3. The minimum Gasteiger partial charge on any atom is -0.492 e. The molecule has 0 saturated carbocycles. The van der Waals surface area contributed by atoms with Crippen molar-refractivity contribution >= 4 is 32.5 Å². The fourth-order valence-electron chi connectivity index (χ4n) is 4.55. The maximum absolute atomic E-state index is 9.44. The molecule has 0 bridgehead atoms. The van der Waals surface area contributed by atoms with E-state index in [2.05, 4.69) is 74.0 Å². The fraction of sp³-hybridized carbons (Fsp3) is 0.304. The van der Waals surface area contributed by atoms with Gasteiger partial charge in [0.2, 0.25) is 0 Å². The van der Waals surface area contributed by atoms with Gasteiger partial charge in [0.1, 0.15) is 18.4 Å². The van der Waals surface area contributed by atoms with Crippen LogP contribution in [0.4, 0.5) is 5.69 Å². The topological polar surface area (TPSA) is 52.4 Å². The van der Waals surface area contributed by atoms with Crippen LogP contribution in [0.15, 0.2) is 53.1 Å². The lowest BCUT2D eigenvalue weighted by atomic mass is 10.0. The van der Waals surface area contributed by atoms with Crippen molar-refractivity contribution in [3.63, 3.8) is 0 Å². The fourth-order valence-corrected chi connectivity index (χ4v) is 4.89. The molecule has 0 unspecified atom stereocenters. The van der Waals surface area contributed by atoms with Crippen LogP contribution < -0.4 is 9.64 Å². The predicted molar refractivity (Wildman–Crippen MR) is 117 cm³/mol. The quantitative estimate of drug-likeness (QED) is 0.553. The van der Waals surface area contributed by atoms with Crippen molar-refractivity contribution in [2.45, 2.75) is 25.6 Å². The molecule has 0 spiro atoms. The number of hydrogen-bond donors (Lipinski definition) is 0. The van der Waals surface area contributed by atoms with Gasteiger partial charge in [-0.25, -0.2) is 0 Å². The minimum absolute atomic E-state index is 0.298. The highest BCUT2D eigenvalue weighted by molar-refractivity contribution is 9.10. The molecule has 2 aromatic carbocycles. The Morgan fingerprint density at radius 3 is 2.97 bits per heavy atom. The molecule has 29 heavy (non-hydrogen) atoms. The lowest BCUT2D eigenvalue weighted by Gasteiger charge is -2.45. The number of halogens is 1. The maximum atomic E-state index is 9.44. The van der Waals surface area contributed by atoms with Crippen molar-refractivity contribution in [2.75, 3.05) is 24.6 Å². The van der Waals surface area contributed by atoms with E-state index in [0.717, 1.165) is 46.4 Å². The molecule has 0 N–H and O–H groups in total. The number of benzene rings is 2. The Hall–Kier alpha value is -2.62. The van der Waals surface area contributed by atoms with Crippen LogP contribution in [0.25, 0.3) is 10.9 Å². The van der Waals surface area contributed by atoms with Gasteiger partial charge in [0.05, 0.1) is 17.1 Å². The molecule has 5 rings (SSSR count). The lowest BCUT2D eigenvalue weighted by molar-refractivity contribution is 0.0892. The average molecular weight is 449 g/mol. The molecule has 146 valence electrons. The van der Waals surface area contributed by atoms with Crippen LogP contribution in [0.5, 0.6) is 5.75 Å². The van der Waals surface area contributed by atoms with Gasteiger partial charge in [-0.05, 0) is 43.3 Å². The summed E-state index contributed by atoms with van der Waals surface area (Å²) in [5.74, 6) is 0.973. The van der Waals surface area contributed by atoms with Crippen molar-refractivity contribution in [1.82, 2.24) is 9.88 Å². The van der Waals surface area contributed by atoms with E-state index in [9.17, 15) is 5.26 Å². The third-order valence-corrected chi connectivity index (χ3v) is 6.47. The number of aromatic nitrogens is 1. The van der Waals surface area contributed by atoms with Crippen molar-refractivity contribution < 1.29 is 4.74 Å². The molecule has 1 saturated heterocycles. The Kier molecular flexibility index (Phi) is 4.65. The minimum atomic E-state index is 0.298. The summed E-state index contributed by atoms with van der Waals surface area (Å²) in [6, 6.07) is 17.2. The summed E-state index contributed by atoms with van der Waals surface area (Å²) in [5, 5.41) is 10.5. The SMILES string of the molecule is C[C@@H]1CN(c2ccc(C#N)c3ncccc23)C[C@@H]2COc3cc(Br)ccc3CN21. The zero-order chi connectivity index (χ0) is 20.0. The van der Waals surface area contributed by atoms with Gasteiger partial charge in [0.15, 0.2) is 0 Å². The summed E-state index contributed by atoms with van der Waals surface area (Å²) in [6.45, 7) is 5.66. The number of piperazine rings is 1. The Bertz CT molecular complexity index is 1130. The first-order chi connectivity index (χ1) is 14.1. The lowest BCUT2D eigenvalue weighted by Crippen LogP contribution is -2.58. The van der Waals surface area contributed by atoms with Gasteiger partial charge in [0, 0.05) is 53.0 Å². The Labute approximate surface area is 178 Å². The van der Waals surface area contributed by atoms with Crippen molar-refractivity contribution in [2.24, 2.45) is 0 Å². The van der Waals surface area contributed by atoms with Gasteiger partial charge in [0.25, 0.3) is 0 Å². The standard InChI is InChI=1S/C23H21BrN4O/c1-15-11-27(21-7-5-16(10-25)23-20(21)3-2-8-26-23)13-19-14-29-22-9-18(24)6-4-17(22)12-28(15)19/h2-9,15,19H,11-14H2,1H3/t15-,19-/m1/s1. The number of pyridine rings is 1. The van der Waals surface area contributed by atoms with Crippen LogP contribution in [-0.4, -0.2) is 41.7 Å². The summed E-state index contributed by atoms with van der Waals surface area (Å²) in [7, 11) is 0. The monoisotopic (exact) mass is 448 g/mol. The average Bonchev–Trinajstić information content (AvgIpc) is 2.92. The van der Waals surface area contributed by atoms with Crippen molar-refractivity contribution in [3.8, 4) is 11.8 Å². The van der Waals surface area contributed by atoms with Gasteiger partial charge in [-0.15, -0.1) is 0 Å². The highest BCUT2D eigenvalue weighted by Gasteiger charge is 2.35. The molecule has 0 amide bonds. The van der Waals surface area contributed by atoms with Crippen LogP contribution in [0.1, 0.15) is 18.1 Å². The first kappa shape index (κ1) is 18.4. The molecular formula is C23H21BrN4O. The van der Waals surface area contributed by atoms with Crippen LogP contribution >= 0.6 is 15.9 Å². The first-order valence-corrected chi connectivity index (χ1v) is 10.6. The number of ether oxygens (including phenoxy) is 1. The number of anilines is 1. The second-order valence-electron chi connectivity index (χ2n) is 7.79. The molecule has 3 heterocycles. The Morgan fingerprint density at radius 1 is 1.21 bits per heavy atom. The normalized spacial score (nSPS) is 21.6. The van der Waals surface area contributed by atoms with E-state index in [1.165, 1.54) is 5.56 Å². The molecule has 0 aliphatic carbocycles. The largest absolute Gasteiger partial charge is 0.492 e. The number of hydrogen-bond acceptors (Lipinski definition) is 5. The van der Waals surface area contributed by atoms with E-state index in [-0.39, 0.29) is 0 Å². The summed E-state index contributed by atoms with van der Waals surface area (Å²) in [4.78, 5) is 9.45. The molecule has 2 aliphatic heterocycles. The molecule has 5 nitrogen and oxygen atoms in total. The van der Waals surface area contributed by atoms with Gasteiger partial charge in [-0.2, -0.15) is 5.26 Å². The van der Waals surface area contributed by atoms with Crippen LogP contribution in [0, 0.1) is 11.3 Å². The second kappa shape index (κ2) is 7.33. The summed E-state index contributed by atoms with van der Waals surface area (Å²) in [6.07, 6.45) is 1.75. The van der Waals surface area contributed by atoms with Crippen LogP contribution in [0.2, 0.25) is 0 Å². The van der Waals surface area contributed by atoms with Gasteiger partial charge >= 0.3 is 0 Å². The van der Waals surface area contributed by atoms with E-state index in [0.29, 0.717) is 24.3 Å². The van der Waals surface area contributed by atoms with Gasteiger partial charge < -0.3 is 9.64 Å². The van der Waals surface area contributed by atoms with Crippen LogP contribution in [-0.2, 0) is 6.54 Å². The molecular weight excluding hydrogens is 428 g/mol. The first-order valence-electron chi connectivity index (χ1n) is 9.84. The molecule has 2 atom stereocenters. The summed E-state index contributed by atoms with van der Waals surface area (Å²) < 4.78 is 7.25. The van der Waals surface area contributed by atoms with E-state index < -0.39 is 0 Å². The van der Waals surface area contributed by atoms with Gasteiger partial charge in [-0.1, -0.05) is 22.0 Å². The zero-order valence-corrected chi connectivity index (χ0v) is 17.8. The summed E-state index contributed by atoms with van der Waals surface area (Å²) >= 11 is 3.55. The third kappa shape index (κ3) is 3.25. The molecule has 3 aromatic rings. The predicted octanol–water partition coefficient (Wildman–Crippen LogP) is 4.34. The molecule has 2 aliphatic rings. The molecule has 6 heteroatoms. The highest BCUT2D eigenvalue weighted by atomic mass is 79.9. The smallest absolute Gasteiger partial charge is 0.125 e. The van der Waals surface area contributed by atoms with E-state index >= 15 is 0 Å². The second-order valence-corrected chi connectivity index (χ2v) is 8.70. The number of rotatable bonds is 1. The Morgan fingerprint density at radius 2 is 2.10 bits per heavy atom.